The average molecular weight is 441 g/mol. The van der Waals surface area contributed by atoms with Crippen LogP contribution in [-0.4, -0.2) is 0 Å². The van der Waals surface area contributed by atoms with E-state index in [2.05, 4.69) is 38.2 Å². The van der Waals surface area contributed by atoms with E-state index >= 15 is 0 Å². The monoisotopic (exact) mass is 440 g/mol. The summed E-state index contributed by atoms with van der Waals surface area (Å²) >= 11 is 0. The van der Waals surface area contributed by atoms with Crippen molar-refractivity contribution in [2.24, 2.45) is 47.3 Å². The van der Waals surface area contributed by atoms with Gasteiger partial charge in [0.05, 0.1) is 0 Å². The van der Waals surface area contributed by atoms with Crippen LogP contribution in [0.2, 0.25) is 0 Å². The molecule has 0 aromatic heterocycles. The van der Waals surface area contributed by atoms with Crippen molar-refractivity contribution in [2.45, 2.75) is 130 Å². The fourth-order valence-electron chi connectivity index (χ4n) is 8.34. The third-order valence-electron chi connectivity index (χ3n) is 10.2. The van der Waals surface area contributed by atoms with Crippen LogP contribution >= 0.6 is 0 Å². The summed E-state index contributed by atoms with van der Waals surface area (Å²) in [5.74, 6) is 8.28. The van der Waals surface area contributed by atoms with Crippen molar-refractivity contribution >= 4 is 0 Å². The van der Waals surface area contributed by atoms with Gasteiger partial charge in [0.1, 0.15) is 0 Å². The molecule has 184 valence electrons. The van der Waals surface area contributed by atoms with Crippen LogP contribution in [0.3, 0.4) is 0 Å². The molecule has 32 heavy (non-hydrogen) atoms. The molecule has 4 saturated carbocycles. The Kier molecular flexibility index (Phi) is 11.4. The first-order valence-electron chi connectivity index (χ1n) is 15.0. The number of allylic oxidation sites excluding steroid dienone is 4. The van der Waals surface area contributed by atoms with Gasteiger partial charge in [0.2, 0.25) is 0 Å². The van der Waals surface area contributed by atoms with E-state index in [4.69, 9.17) is 0 Å². The van der Waals surface area contributed by atoms with Gasteiger partial charge in [0.25, 0.3) is 0 Å². The van der Waals surface area contributed by atoms with Gasteiger partial charge in [-0.05, 0) is 164 Å². The van der Waals surface area contributed by atoms with Gasteiger partial charge in [-0.2, -0.15) is 0 Å². The Morgan fingerprint density at radius 1 is 0.344 bits per heavy atom. The Labute approximate surface area is 202 Å². The van der Waals surface area contributed by atoms with E-state index < -0.39 is 0 Å². The molecule has 0 amide bonds. The minimum atomic E-state index is 0.899. The summed E-state index contributed by atoms with van der Waals surface area (Å²) in [5, 5.41) is 0. The molecule has 0 saturated heterocycles. The Morgan fingerprint density at radius 2 is 0.531 bits per heavy atom. The third kappa shape index (κ3) is 7.24. The summed E-state index contributed by atoms with van der Waals surface area (Å²) in [4.78, 5) is 0. The first kappa shape index (κ1) is 26.1. The Balaban J connectivity index is 0.00000141. The molecule has 4 aliphatic rings. The summed E-state index contributed by atoms with van der Waals surface area (Å²) < 4.78 is 0. The fourth-order valence-corrected chi connectivity index (χ4v) is 8.34. The van der Waals surface area contributed by atoms with Gasteiger partial charge < -0.3 is 0 Å². The predicted molar refractivity (Wildman–Crippen MR) is 143 cm³/mol. The smallest absolute Gasteiger partial charge is 0.0233 e. The maximum absolute atomic E-state index is 2.47. The van der Waals surface area contributed by atoms with Gasteiger partial charge in [-0.15, -0.1) is 0 Å². The summed E-state index contributed by atoms with van der Waals surface area (Å²) in [6, 6.07) is 0. The molecule has 4 aliphatic carbocycles. The maximum Gasteiger partial charge on any atom is -0.0233 e. The highest BCUT2D eigenvalue weighted by molar-refractivity contribution is 4.93. The Hall–Kier alpha value is -0.520. The molecule has 0 radical (unpaired) electrons. The first-order valence-corrected chi connectivity index (χ1v) is 15.0. The fraction of sp³-hybridized carbons (Fsp3) is 0.875. The minimum Gasteiger partial charge on any atom is -0.0914 e. The van der Waals surface area contributed by atoms with E-state index in [1.54, 1.807) is 51.4 Å². The molecule has 4 rings (SSSR count). The van der Waals surface area contributed by atoms with Crippen LogP contribution in [0.25, 0.3) is 0 Å². The summed E-state index contributed by atoms with van der Waals surface area (Å²) in [6.45, 7) is 8.38. The van der Waals surface area contributed by atoms with Gasteiger partial charge in [0.15, 0.2) is 0 Å². The van der Waals surface area contributed by atoms with Crippen molar-refractivity contribution in [1.29, 1.82) is 0 Å². The normalized spacial score (nSPS) is 41.4. The van der Waals surface area contributed by atoms with Gasteiger partial charge in [-0.1, -0.05) is 38.2 Å². The van der Waals surface area contributed by atoms with Gasteiger partial charge >= 0.3 is 0 Å². The van der Waals surface area contributed by atoms with E-state index in [0.717, 1.165) is 47.3 Å². The van der Waals surface area contributed by atoms with Crippen LogP contribution in [0, 0.1) is 47.3 Å². The zero-order valence-electron chi connectivity index (χ0n) is 22.2. The molecule has 0 N–H and O–H groups in total. The van der Waals surface area contributed by atoms with Gasteiger partial charge in [-0.25, -0.2) is 0 Å². The van der Waals surface area contributed by atoms with E-state index in [0.29, 0.717) is 0 Å². The van der Waals surface area contributed by atoms with E-state index in [-0.39, 0.29) is 0 Å². The van der Waals surface area contributed by atoms with Crippen LogP contribution in [0.1, 0.15) is 130 Å². The molecular formula is C32H56. The lowest BCUT2D eigenvalue weighted by Crippen LogP contribution is -2.31. The Morgan fingerprint density at radius 3 is 0.719 bits per heavy atom. The zero-order chi connectivity index (χ0) is 22.8. The van der Waals surface area contributed by atoms with Crippen molar-refractivity contribution in [1.82, 2.24) is 0 Å². The highest BCUT2D eigenvalue weighted by Crippen LogP contribution is 2.48. The van der Waals surface area contributed by atoms with Crippen molar-refractivity contribution in [2.75, 3.05) is 0 Å². The molecule has 0 aromatic carbocycles. The third-order valence-corrected chi connectivity index (χ3v) is 10.2. The van der Waals surface area contributed by atoms with Crippen molar-refractivity contribution in [3.05, 3.63) is 24.3 Å². The standard InChI is InChI=1S/C30H50.C2H6/c1-3-5-23-7-11-25(12-8-23)27-15-19-29(20-16-27)30-21-17-28(18-22-30)26-13-9-24(6-4-2)10-14-26;1-2/h3-6,23-30H,7-22H2,1-2H3;1-2H3/b5-3+,6-4+;. The molecule has 4 fully saturated rings. The van der Waals surface area contributed by atoms with Gasteiger partial charge in [0, 0.05) is 0 Å². The second kappa shape index (κ2) is 14.0. The molecule has 0 aliphatic heterocycles. The van der Waals surface area contributed by atoms with Crippen molar-refractivity contribution in [3.8, 4) is 0 Å². The average Bonchev–Trinajstić information content (AvgIpc) is 2.87. The summed E-state index contributed by atoms with van der Waals surface area (Å²) in [5.41, 5.74) is 0. The maximum atomic E-state index is 2.47. The molecule has 0 heterocycles. The lowest BCUT2D eigenvalue weighted by molar-refractivity contribution is 0.0898. The Bertz CT molecular complexity index is 474. The molecule has 0 heteroatoms. The SMILES string of the molecule is C/C=C/C1CCC(C2CCC(C3CCC(C4CCC(/C=C/C)CC4)CC3)CC2)CC1.CC. The lowest BCUT2D eigenvalue weighted by Gasteiger charge is -2.43. The summed E-state index contributed by atoms with van der Waals surface area (Å²) in [7, 11) is 0. The van der Waals surface area contributed by atoms with Crippen LogP contribution < -0.4 is 0 Å². The topological polar surface area (TPSA) is 0 Å². The van der Waals surface area contributed by atoms with Crippen LogP contribution in [-0.2, 0) is 0 Å². The lowest BCUT2D eigenvalue weighted by atomic mass is 9.63. The number of hydrogen-bond acceptors (Lipinski definition) is 0. The van der Waals surface area contributed by atoms with Crippen LogP contribution in [0.15, 0.2) is 24.3 Å². The molecule has 0 aromatic rings. The van der Waals surface area contributed by atoms with Crippen molar-refractivity contribution < 1.29 is 0 Å². The highest BCUT2D eigenvalue weighted by atomic mass is 14.4. The van der Waals surface area contributed by atoms with E-state index in [1.165, 1.54) is 51.4 Å². The van der Waals surface area contributed by atoms with E-state index in [1.807, 2.05) is 13.8 Å². The van der Waals surface area contributed by atoms with Crippen molar-refractivity contribution in [3.63, 3.8) is 0 Å². The molecule has 0 bridgehead atoms. The van der Waals surface area contributed by atoms with Crippen LogP contribution in [0.4, 0.5) is 0 Å². The molecule has 0 unspecified atom stereocenters. The largest absolute Gasteiger partial charge is 0.0914 e. The van der Waals surface area contributed by atoms with E-state index in [9.17, 15) is 0 Å². The van der Waals surface area contributed by atoms with Gasteiger partial charge in [-0.3, -0.25) is 0 Å². The number of rotatable bonds is 5. The molecule has 0 atom stereocenters. The summed E-state index contributed by atoms with van der Waals surface area (Å²) in [6.07, 6.45) is 34.0. The second-order valence-corrected chi connectivity index (χ2v) is 11.8. The highest BCUT2D eigenvalue weighted by Gasteiger charge is 2.36. The minimum absolute atomic E-state index is 0.899. The zero-order valence-corrected chi connectivity index (χ0v) is 22.2. The molecule has 0 spiro atoms. The second-order valence-electron chi connectivity index (χ2n) is 11.8. The molecular weight excluding hydrogens is 384 g/mol. The first-order chi connectivity index (χ1) is 15.8. The predicted octanol–water partition coefficient (Wildman–Crippen LogP) is 10.4. The quantitative estimate of drug-likeness (QED) is 0.373. The number of hydrogen-bond donors (Lipinski definition) is 0. The van der Waals surface area contributed by atoms with Crippen LogP contribution in [0.5, 0.6) is 0 Å². The molecule has 0 nitrogen and oxygen atoms in total.